The molecule has 0 saturated carbocycles. The molecule has 0 aliphatic rings. The zero-order chi connectivity index (χ0) is 12.3. The third-order valence-electron chi connectivity index (χ3n) is 2.21. The van der Waals surface area contributed by atoms with Crippen LogP contribution in [0.15, 0.2) is 36.7 Å². The number of halogens is 1. The van der Waals surface area contributed by atoms with E-state index in [2.05, 4.69) is 4.98 Å². The number of aromatic nitrogens is 1. The highest BCUT2D eigenvalue weighted by Gasteiger charge is 2.08. The molecule has 88 valence electrons. The number of pyridine rings is 1. The molecule has 2 rings (SSSR count). The third-order valence-corrected chi connectivity index (χ3v) is 2.21. The maximum absolute atomic E-state index is 13.5. The van der Waals surface area contributed by atoms with Gasteiger partial charge in [0.1, 0.15) is 5.75 Å². The monoisotopic (exact) mass is 234 g/mol. The largest absolute Gasteiger partial charge is 0.454 e. The SMILES string of the molecule is Nc1ccc(Oc2ccncc2CO)c(F)c1. The summed E-state index contributed by atoms with van der Waals surface area (Å²) in [6.45, 7) is -0.222. The van der Waals surface area contributed by atoms with Gasteiger partial charge in [-0.15, -0.1) is 0 Å². The average Bonchev–Trinajstić information content (AvgIpc) is 2.33. The van der Waals surface area contributed by atoms with Crippen LogP contribution in [0.3, 0.4) is 0 Å². The Morgan fingerprint density at radius 2 is 2.12 bits per heavy atom. The lowest BCUT2D eigenvalue weighted by atomic mass is 10.2. The van der Waals surface area contributed by atoms with Crippen molar-refractivity contribution >= 4 is 5.69 Å². The summed E-state index contributed by atoms with van der Waals surface area (Å²) in [5.41, 5.74) is 6.25. The number of nitrogen functional groups attached to an aromatic ring is 1. The normalized spacial score (nSPS) is 10.2. The van der Waals surface area contributed by atoms with Gasteiger partial charge in [0.2, 0.25) is 0 Å². The molecule has 0 fully saturated rings. The van der Waals surface area contributed by atoms with Crippen molar-refractivity contribution in [3.8, 4) is 11.5 Å². The molecule has 4 nitrogen and oxygen atoms in total. The van der Waals surface area contributed by atoms with Crippen molar-refractivity contribution in [2.75, 3.05) is 5.73 Å². The predicted octanol–water partition coefficient (Wildman–Crippen LogP) is 2.09. The molecule has 0 unspecified atom stereocenters. The number of benzene rings is 1. The minimum atomic E-state index is -0.550. The summed E-state index contributed by atoms with van der Waals surface area (Å²) in [6.07, 6.45) is 2.97. The van der Waals surface area contributed by atoms with Crippen molar-refractivity contribution < 1.29 is 14.2 Å². The first kappa shape index (κ1) is 11.3. The molecule has 0 spiro atoms. The molecule has 3 N–H and O–H groups in total. The van der Waals surface area contributed by atoms with E-state index < -0.39 is 5.82 Å². The summed E-state index contributed by atoms with van der Waals surface area (Å²) < 4.78 is 18.8. The molecule has 17 heavy (non-hydrogen) atoms. The maximum Gasteiger partial charge on any atom is 0.167 e. The van der Waals surface area contributed by atoms with Crippen LogP contribution in [0.25, 0.3) is 0 Å². The van der Waals surface area contributed by atoms with Gasteiger partial charge in [-0.1, -0.05) is 0 Å². The van der Waals surface area contributed by atoms with Gasteiger partial charge in [-0.2, -0.15) is 0 Å². The summed E-state index contributed by atoms with van der Waals surface area (Å²) in [6, 6.07) is 5.71. The first-order chi connectivity index (χ1) is 8.20. The lowest BCUT2D eigenvalue weighted by molar-refractivity contribution is 0.275. The van der Waals surface area contributed by atoms with E-state index in [1.165, 1.54) is 30.6 Å². The summed E-state index contributed by atoms with van der Waals surface area (Å²) >= 11 is 0. The van der Waals surface area contributed by atoms with Crippen LogP contribution < -0.4 is 10.5 Å². The van der Waals surface area contributed by atoms with Crippen LogP contribution in [-0.4, -0.2) is 10.1 Å². The van der Waals surface area contributed by atoms with Crippen molar-refractivity contribution in [1.82, 2.24) is 4.98 Å². The second kappa shape index (κ2) is 4.80. The van der Waals surface area contributed by atoms with Crippen LogP contribution >= 0.6 is 0 Å². The van der Waals surface area contributed by atoms with Gasteiger partial charge in [-0.3, -0.25) is 4.98 Å². The molecule has 0 saturated heterocycles. The Morgan fingerprint density at radius 3 is 2.82 bits per heavy atom. The van der Waals surface area contributed by atoms with Crippen molar-refractivity contribution in [3.63, 3.8) is 0 Å². The molecule has 0 amide bonds. The van der Waals surface area contributed by atoms with Crippen LogP contribution in [0.1, 0.15) is 5.56 Å². The number of nitrogens with zero attached hydrogens (tertiary/aromatic N) is 1. The van der Waals surface area contributed by atoms with E-state index in [4.69, 9.17) is 15.6 Å². The molecule has 0 aliphatic heterocycles. The van der Waals surface area contributed by atoms with Crippen LogP contribution in [-0.2, 0) is 6.61 Å². The zero-order valence-electron chi connectivity index (χ0n) is 8.93. The van der Waals surface area contributed by atoms with Gasteiger partial charge in [0.05, 0.1) is 6.61 Å². The summed E-state index contributed by atoms with van der Waals surface area (Å²) in [7, 11) is 0. The number of aliphatic hydroxyl groups excluding tert-OH is 1. The summed E-state index contributed by atoms with van der Waals surface area (Å²) in [5.74, 6) is -0.128. The van der Waals surface area contributed by atoms with Gasteiger partial charge < -0.3 is 15.6 Å². The van der Waals surface area contributed by atoms with Crippen molar-refractivity contribution in [2.45, 2.75) is 6.61 Å². The summed E-state index contributed by atoms with van der Waals surface area (Å²) in [4.78, 5) is 3.84. The number of ether oxygens (including phenoxy) is 1. The number of hydrogen-bond donors (Lipinski definition) is 2. The average molecular weight is 234 g/mol. The fourth-order valence-corrected chi connectivity index (χ4v) is 1.35. The first-order valence-electron chi connectivity index (χ1n) is 4.97. The summed E-state index contributed by atoms with van der Waals surface area (Å²) in [5, 5.41) is 9.08. The molecule has 5 heteroatoms. The number of nitrogens with two attached hydrogens (primary N) is 1. The minimum absolute atomic E-state index is 0.0556. The highest BCUT2D eigenvalue weighted by Crippen LogP contribution is 2.27. The van der Waals surface area contributed by atoms with E-state index in [0.717, 1.165) is 0 Å². The Kier molecular flexibility index (Phi) is 3.20. The smallest absolute Gasteiger partial charge is 0.167 e. The Labute approximate surface area is 97.5 Å². The lowest BCUT2D eigenvalue weighted by Crippen LogP contribution is -1.95. The van der Waals surface area contributed by atoms with Crippen molar-refractivity contribution in [2.24, 2.45) is 0 Å². The van der Waals surface area contributed by atoms with Crippen LogP contribution in [0, 0.1) is 5.82 Å². The van der Waals surface area contributed by atoms with E-state index in [-0.39, 0.29) is 12.4 Å². The van der Waals surface area contributed by atoms with Crippen LogP contribution in [0.4, 0.5) is 10.1 Å². The van der Waals surface area contributed by atoms with Gasteiger partial charge in [0.25, 0.3) is 0 Å². The Balaban J connectivity index is 2.31. The fourth-order valence-electron chi connectivity index (χ4n) is 1.35. The highest BCUT2D eigenvalue weighted by atomic mass is 19.1. The molecule has 0 bridgehead atoms. The fraction of sp³-hybridized carbons (Fsp3) is 0.0833. The molecule has 0 aliphatic carbocycles. The number of aliphatic hydroxyl groups is 1. The minimum Gasteiger partial charge on any atom is -0.454 e. The van der Waals surface area contributed by atoms with Gasteiger partial charge >= 0.3 is 0 Å². The Hall–Kier alpha value is -2.14. The Morgan fingerprint density at radius 1 is 1.29 bits per heavy atom. The molecular formula is C12H11FN2O2. The van der Waals surface area contributed by atoms with Crippen LogP contribution in [0.2, 0.25) is 0 Å². The van der Waals surface area contributed by atoms with Gasteiger partial charge in [0.15, 0.2) is 11.6 Å². The van der Waals surface area contributed by atoms with Gasteiger partial charge in [0, 0.05) is 29.7 Å². The topological polar surface area (TPSA) is 68.4 Å². The van der Waals surface area contributed by atoms with E-state index in [9.17, 15) is 4.39 Å². The standard InChI is InChI=1S/C12H11FN2O2/c13-10-5-9(14)1-2-12(10)17-11-3-4-15-6-8(11)7-16/h1-6,16H,7,14H2. The molecule has 0 radical (unpaired) electrons. The van der Waals surface area contributed by atoms with Crippen LogP contribution in [0.5, 0.6) is 11.5 Å². The highest BCUT2D eigenvalue weighted by molar-refractivity contribution is 5.44. The molecule has 0 atom stereocenters. The zero-order valence-corrected chi connectivity index (χ0v) is 8.93. The molecule has 2 aromatic rings. The predicted molar refractivity (Wildman–Crippen MR) is 61.0 cm³/mol. The molecular weight excluding hydrogens is 223 g/mol. The first-order valence-corrected chi connectivity index (χ1v) is 4.97. The second-order valence-corrected chi connectivity index (χ2v) is 3.43. The second-order valence-electron chi connectivity index (χ2n) is 3.43. The number of hydrogen-bond acceptors (Lipinski definition) is 4. The van der Waals surface area contributed by atoms with Gasteiger partial charge in [-0.25, -0.2) is 4.39 Å². The van der Waals surface area contributed by atoms with E-state index in [1.54, 1.807) is 6.07 Å². The van der Waals surface area contributed by atoms with Crippen molar-refractivity contribution in [3.05, 3.63) is 48.0 Å². The van der Waals surface area contributed by atoms with E-state index in [1.807, 2.05) is 0 Å². The number of anilines is 1. The number of rotatable bonds is 3. The lowest BCUT2D eigenvalue weighted by Gasteiger charge is -2.09. The molecule has 1 aromatic carbocycles. The molecule has 1 heterocycles. The third kappa shape index (κ3) is 2.51. The van der Waals surface area contributed by atoms with E-state index in [0.29, 0.717) is 17.0 Å². The van der Waals surface area contributed by atoms with Crippen molar-refractivity contribution in [1.29, 1.82) is 0 Å². The van der Waals surface area contributed by atoms with Gasteiger partial charge in [-0.05, 0) is 18.2 Å². The Bertz CT molecular complexity index is 532. The van der Waals surface area contributed by atoms with E-state index >= 15 is 0 Å². The quantitative estimate of drug-likeness (QED) is 0.798. The molecule has 1 aromatic heterocycles. The maximum atomic E-state index is 13.5.